The molecule has 8 heteroatoms. The number of amides is 1. The van der Waals surface area contributed by atoms with Gasteiger partial charge in [-0.1, -0.05) is 30.3 Å². The Morgan fingerprint density at radius 3 is 2.79 bits per heavy atom. The largest absolute Gasteiger partial charge is 0.482 e. The molecular weight excluding hydrogens is 392 g/mol. The highest BCUT2D eigenvalue weighted by molar-refractivity contribution is 7.17. The molecule has 3 aromatic rings. The van der Waals surface area contributed by atoms with Crippen molar-refractivity contribution in [2.75, 3.05) is 18.5 Å². The van der Waals surface area contributed by atoms with Crippen molar-refractivity contribution in [3.63, 3.8) is 0 Å². The summed E-state index contributed by atoms with van der Waals surface area (Å²) >= 11 is 1.23. The number of ether oxygens (including phenoxy) is 2. The van der Waals surface area contributed by atoms with Crippen LogP contribution in [0.1, 0.15) is 25.7 Å². The molecule has 146 valence electrons. The van der Waals surface area contributed by atoms with Crippen molar-refractivity contribution < 1.29 is 23.9 Å². The van der Waals surface area contributed by atoms with Gasteiger partial charge >= 0.3 is 5.97 Å². The average molecular weight is 408 g/mol. The van der Waals surface area contributed by atoms with Crippen LogP contribution >= 0.6 is 11.3 Å². The number of aryl methyl sites for hydroxylation is 1. The highest BCUT2D eigenvalue weighted by Gasteiger charge is 2.21. The lowest BCUT2D eigenvalue weighted by molar-refractivity contribution is -0.118. The number of rotatable bonds is 5. The van der Waals surface area contributed by atoms with Crippen molar-refractivity contribution in [1.29, 1.82) is 0 Å². The maximum absolute atomic E-state index is 12.4. The Bertz CT molecular complexity index is 1110. The smallest absolute Gasteiger partial charge is 0.350 e. The third-order valence-electron chi connectivity index (χ3n) is 4.27. The average Bonchev–Trinajstić information content (AvgIpc) is 3.13. The number of hydrogen-bond donors (Lipinski definition) is 1. The standard InChI is InChI=1S/C21H16N2O5S/c1-12-19(29-20(22-12)13-5-3-2-4-6-13)21(26)28-10-16(24)14-7-8-17-15(9-14)23-18(25)11-27-17/h2-9H,10-11H2,1H3,(H,23,25). The van der Waals surface area contributed by atoms with Gasteiger partial charge < -0.3 is 14.8 Å². The number of thiazole rings is 1. The zero-order chi connectivity index (χ0) is 20.4. The van der Waals surface area contributed by atoms with Crippen LogP contribution in [0.25, 0.3) is 10.6 Å². The summed E-state index contributed by atoms with van der Waals surface area (Å²) in [7, 11) is 0. The number of carbonyl (C=O) groups excluding carboxylic acids is 3. The van der Waals surface area contributed by atoms with E-state index in [1.54, 1.807) is 19.1 Å². The van der Waals surface area contributed by atoms with Crippen LogP contribution in [0.4, 0.5) is 5.69 Å². The summed E-state index contributed by atoms with van der Waals surface area (Å²) in [6, 6.07) is 14.2. The number of fused-ring (bicyclic) bond motifs is 1. The van der Waals surface area contributed by atoms with Crippen LogP contribution < -0.4 is 10.1 Å². The van der Waals surface area contributed by atoms with Crippen molar-refractivity contribution in [3.05, 3.63) is 64.7 Å². The van der Waals surface area contributed by atoms with Crippen LogP contribution in [-0.2, 0) is 9.53 Å². The van der Waals surface area contributed by atoms with Crippen LogP contribution in [0, 0.1) is 6.92 Å². The van der Waals surface area contributed by atoms with Gasteiger partial charge in [-0.2, -0.15) is 0 Å². The zero-order valence-corrected chi connectivity index (χ0v) is 16.2. The zero-order valence-electron chi connectivity index (χ0n) is 15.4. The van der Waals surface area contributed by atoms with E-state index in [2.05, 4.69) is 10.3 Å². The highest BCUT2D eigenvalue weighted by Crippen LogP contribution is 2.30. The van der Waals surface area contributed by atoms with Crippen molar-refractivity contribution >= 4 is 34.7 Å². The van der Waals surface area contributed by atoms with E-state index in [0.29, 0.717) is 32.6 Å². The summed E-state index contributed by atoms with van der Waals surface area (Å²) in [4.78, 5) is 41.1. The van der Waals surface area contributed by atoms with E-state index in [9.17, 15) is 14.4 Å². The van der Waals surface area contributed by atoms with Crippen molar-refractivity contribution in [3.8, 4) is 16.3 Å². The summed E-state index contributed by atoms with van der Waals surface area (Å²) < 4.78 is 10.5. The van der Waals surface area contributed by atoms with Crippen LogP contribution in [0.15, 0.2) is 48.5 Å². The van der Waals surface area contributed by atoms with Gasteiger partial charge in [0, 0.05) is 11.1 Å². The Labute approximate surface area is 170 Å². The molecule has 1 amide bonds. The number of hydrogen-bond acceptors (Lipinski definition) is 7. The first-order chi connectivity index (χ1) is 14.0. The molecule has 1 aliphatic heterocycles. The second-order valence-corrected chi connectivity index (χ2v) is 7.35. The number of anilines is 1. The molecule has 1 aliphatic rings. The molecule has 0 aliphatic carbocycles. The molecule has 0 atom stereocenters. The molecule has 2 aromatic carbocycles. The van der Waals surface area contributed by atoms with Crippen LogP contribution in [-0.4, -0.2) is 35.9 Å². The number of esters is 1. The second-order valence-electron chi connectivity index (χ2n) is 6.35. The van der Waals surface area contributed by atoms with Gasteiger partial charge in [-0.3, -0.25) is 9.59 Å². The van der Waals surface area contributed by atoms with Gasteiger partial charge in [-0.15, -0.1) is 11.3 Å². The molecule has 0 radical (unpaired) electrons. The quantitative estimate of drug-likeness (QED) is 0.513. The Kier molecular flexibility index (Phi) is 5.09. The van der Waals surface area contributed by atoms with Gasteiger partial charge in [-0.25, -0.2) is 9.78 Å². The Morgan fingerprint density at radius 1 is 1.21 bits per heavy atom. The van der Waals surface area contributed by atoms with Crippen LogP contribution in [0.3, 0.4) is 0 Å². The summed E-state index contributed by atoms with van der Waals surface area (Å²) in [5, 5.41) is 3.36. The molecule has 2 heterocycles. The van der Waals surface area contributed by atoms with Gasteiger partial charge in [0.15, 0.2) is 19.0 Å². The van der Waals surface area contributed by atoms with Crippen molar-refractivity contribution in [2.45, 2.75) is 6.92 Å². The normalized spacial score (nSPS) is 12.5. The van der Waals surface area contributed by atoms with E-state index in [4.69, 9.17) is 9.47 Å². The first-order valence-corrected chi connectivity index (χ1v) is 9.63. The number of benzene rings is 2. The lowest BCUT2D eigenvalue weighted by Crippen LogP contribution is -2.25. The number of nitrogens with zero attached hydrogens (tertiary/aromatic N) is 1. The molecule has 0 fully saturated rings. The van der Waals surface area contributed by atoms with Crippen molar-refractivity contribution in [2.24, 2.45) is 0 Å². The topological polar surface area (TPSA) is 94.6 Å². The maximum atomic E-state index is 12.4. The molecule has 1 N–H and O–H groups in total. The van der Waals surface area contributed by atoms with Gasteiger partial charge in [0.1, 0.15) is 15.6 Å². The Morgan fingerprint density at radius 2 is 2.00 bits per heavy atom. The third kappa shape index (κ3) is 4.02. The number of Topliss-reactive ketones (excluding diaryl/α,β-unsaturated/α-hetero) is 1. The molecule has 7 nitrogen and oxygen atoms in total. The summed E-state index contributed by atoms with van der Waals surface area (Å²) in [5.41, 5.74) is 2.20. The highest BCUT2D eigenvalue weighted by atomic mass is 32.1. The van der Waals surface area contributed by atoms with E-state index in [1.807, 2.05) is 30.3 Å². The molecule has 0 unspecified atom stereocenters. The van der Waals surface area contributed by atoms with Gasteiger partial charge in [0.25, 0.3) is 5.91 Å². The van der Waals surface area contributed by atoms with E-state index in [0.717, 1.165) is 5.56 Å². The monoisotopic (exact) mass is 408 g/mol. The fraction of sp³-hybridized carbons (Fsp3) is 0.143. The predicted octanol–water partition coefficient (Wildman–Crippen LogP) is 3.49. The van der Waals surface area contributed by atoms with Gasteiger partial charge in [-0.05, 0) is 25.1 Å². The lowest BCUT2D eigenvalue weighted by atomic mass is 10.1. The second kappa shape index (κ2) is 7.84. The molecule has 0 spiro atoms. The summed E-state index contributed by atoms with van der Waals surface area (Å²) in [6.45, 7) is 1.26. The molecule has 0 saturated carbocycles. The third-order valence-corrected chi connectivity index (χ3v) is 5.46. The Balaban J connectivity index is 1.44. The summed E-state index contributed by atoms with van der Waals surface area (Å²) in [5.74, 6) is -0.771. The number of carbonyl (C=O) groups is 3. The Hall–Kier alpha value is -3.52. The fourth-order valence-electron chi connectivity index (χ4n) is 2.83. The van der Waals surface area contributed by atoms with E-state index in [1.165, 1.54) is 17.4 Å². The van der Waals surface area contributed by atoms with Crippen LogP contribution in [0.2, 0.25) is 0 Å². The van der Waals surface area contributed by atoms with E-state index >= 15 is 0 Å². The minimum Gasteiger partial charge on any atom is -0.482 e. The SMILES string of the molecule is Cc1nc(-c2ccccc2)sc1C(=O)OCC(=O)c1ccc2c(c1)NC(=O)CO2. The molecule has 1 aromatic heterocycles. The molecule has 0 saturated heterocycles. The number of nitrogens with one attached hydrogen (secondary N) is 1. The van der Waals surface area contributed by atoms with E-state index in [-0.39, 0.29) is 18.3 Å². The van der Waals surface area contributed by atoms with Crippen LogP contribution in [0.5, 0.6) is 5.75 Å². The number of aromatic nitrogens is 1. The van der Waals surface area contributed by atoms with E-state index < -0.39 is 12.6 Å². The molecule has 0 bridgehead atoms. The number of ketones is 1. The minimum absolute atomic E-state index is 0.0585. The molecular formula is C21H16N2O5S. The first kappa shape index (κ1) is 18.8. The van der Waals surface area contributed by atoms with Gasteiger partial charge in [0.2, 0.25) is 0 Å². The maximum Gasteiger partial charge on any atom is 0.350 e. The lowest BCUT2D eigenvalue weighted by Gasteiger charge is -2.18. The predicted molar refractivity (Wildman–Crippen MR) is 107 cm³/mol. The summed E-state index contributed by atoms with van der Waals surface area (Å²) in [6.07, 6.45) is 0. The fourth-order valence-corrected chi connectivity index (χ4v) is 3.79. The minimum atomic E-state index is -0.592. The first-order valence-electron chi connectivity index (χ1n) is 8.81. The molecule has 29 heavy (non-hydrogen) atoms. The van der Waals surface area contributed by atoms with Crippen molar-refractivity contribution in [1.82, 2.24) is 4.98 Å². The molecule has 4 rings (SSSR count). The van der Waals surface area contributed by atoms with Gasteiger partial charge in [0.05, 0.1) is 11.4 Å².